The van der Waals surface area contributed by atoms with E-state index in [9.17, 15) is 9.59 Å². The number of oxime groups is 1. The summed E-state index contributed by atoms with van der Waals surface area (Å²) in [5.41, 5.74) is -0.892. The summed E-state index contributed by atoms with van der Waals surface area (Å²) in [6, 6.07) is 2.58. The van der Waals surface area contributed by atoms with Crippen LogP contribution in [-0.2, 0) is 23.8 Å². The normalized spacial score (nSPS) is 19.8. The van der Waals surface area contributed by atoms with E-state index in [-0.39, 0.29) is 5.91 Å². The Labute approximate surface area is 240 Å². The SMILES string of the molecule is CCC[C@@H](NC(=O)[C@]1(C)CSC(/C(C)=N/OCCOCCOCCOCC)=N1)c1cc(OCC2CC2)cc(=O)o1. The maximum absolute atomic E-state index is 13.4. The molecular weight excluding hydrogens is 538 g/mol. The zero-order valence-corrected chi connectivity index (χ0v) is 24.9. The van der Waals surface area contributed by atoms with Crippen molar-refractivity contribution < 1.29 is 33.0 Å². The summed E-state index contributed by atoms with van der Waals surface area (Å²) in [4.78, 5) is 35.6. The number of hydrogen-bond donors (Lipinski definition) is 1. The predicted octanol–water partition coefficient (Wildman–Crippen LogP) is 3.75. The fourth-order valence-electron chi connectivity index (χ4n) is 3.78. The van der Waals surface area contributed by atoms with Crippen LogP contribution in [-0.4, -0.2) is 80.8 Å². The molecule has 0 bridgehead atoms. The van der Waals surface area contributed by atoms with Crippen molar-refractivity contribution in [1.82, 2.24) is 5.32 Å². The van der Waals surface area contributed by atoms with Crippen LogP contribution in [0.15, 0.2) is 31.5 Å². The Morgan fingerprint density at radius 3 is 2.52 bits per heavy atom. The van der Waals surface area contributed by atoms with Crippen LogP contribution in [0.5, 0.6) is 5.75 Å². The van der Waals surface area contributed by atoms with Gasteiger partial charge in [0, 0.05) is 18.4 Å². The van der Waals surface area contributed by atoms with Crippen molar-refractivity contribution in [2.75, 3.05) is 58.6 Å². The molecule has 2 aliphatic rings. The van der Waals surface area contributed by atoms with Crippen LogP contribution in [0.2, 0.25) is 0 Å². The first-order chi connectivity index (χ1) is 19.3. The van der Waals surface area contributed by atoms with E-state index in [1.807, 2.05) is 13.8 Å². The van der Waals surface area contributed by atoms with Gasteiger partial charge >= 0.3 is 5.63 Å². The van der Waals surface area contributed by atoms with Gasteiger partial charge in [-0.25, -0.2) is 4.79 Å². The molecule has 224 valence electrons. The molecule has 0 spiro atoms. The summed E-state index contributed by atoms with van der Waals surface area (Å²) < 4.78 is 27.3. The molecule has 2 atom stereocenters. The molecule has 1 aliphatic heterocycles. The number of amides is 1. The fraction of sp³-hybridized carbons (Fsp3) is 0.714. The van der Waals surface area contributed by atoms with Crippen LogP contribution in [0.3, 0.4) is 0 Å². The summed E-state index contributed by atoms with van der Waals surface area (Å²) in [5.74, 6) is 1.63. The van der Waals surface area contributed by atoms with Crippen molar-refractivity contribution in [3.8, 4) is 5.75 Å². The molecule has 0 saturated heterocycles. The number of hydrogen-bond acceptors (Lipinski definition) is 11. The highest BCUT2D eigenvalue weighted by Gasteiger charge is 2.40. The van der Waals surface area contributed by atoms with E-state index >= 15 is 0 Å². The molecule has 0 radical (unpaired) electrons. The second kappa shape index (κ2) is 16.8. The Morgan fingerprint density at radius 1 is 1.15 bits per heavy atom. The maximum atomic E-state index is 13.4. The van der Waals surface area contributed by atoms with Crippen molar-refractivity contribution >= 4 is 28.4 Å². The molecule has 1 amide bonds. The molecule has 1 aliphatic carbocycles. The third-order valence-electron chi connectivity index (χ3n) is 6.28. The number of nitrogens with zero attached hydrogens (tertiary/aromatic N) is 2. The first kappa shape index (κ1) is 32.1. The lowest BCUT2D eigenvalue weighted by Gasteiger charge is -2.24. The topological polar surface area (TPSA) is 130 Å². The summed E-state index contributed by atoms with van der Waals surface area (Å²) in [5, 5.41) is 7.83. The monoisotopic (exact) mass is 581 g/mol. The van der Waals surface area contributed by atoms with Gasteiger partial charge in [-0.3, -0.25) is 9.79 Å². The second-order valence-electron chi connectivity index (χ2n) is 9.99. The van der Waals surface area contributed by atoms with Crippen LogP contribution in [0.25, 0.3) is 0 Å². The average Bonchev–Trinajstić information content (AvgIpc) is 3.68. The first-order valence-electron chi connectivity index (χ1n) is 14.1. The minimum Gasteiger partial charge on any atom is -0.493 e. The molecule has 0 unspecified atom stereocenters. The van der Waals surface area contributed by atoms with Crippen LogP contribution < -0.4 is 15.7 Å². The van der Waals surface area contributed by atoms with Gasteiger partial charge in [0.05, 0.1) is 51.7 Å². The molecule has 1 saturated carbocycles. The van der Waals surface area contributed by atoms with Gasteiger partial charge in [-0.05, 0) is 46.0 Å². The largest absolute Gasteiger partial charge is 0.493 e. The minimum atomic E-state index is -0.992. The first-order valence-corrected chi connectivity index (χ1v) is 15.0. The van der Waals surface area contributed by atoms with Gasteiger partial charge in [0.2, 0.25) is 5.91 Å². The number of ether oxygens (including phenoxy) is 4. The molecule has 1 N–H and O–H groups in total. The quantitative estimate of drug-likeness (QED) is 0.139. The summed E-state index contributed by atoms with van der Waals surface area (Å²) in [7, 11) is 0. The predicted molar refractivity (Wildman–Crippen MR) is 154 cm³/mol. The molecule has 11 nitrogen and oxygen atoms in total. The van der Waals surface area contributed by atoms with Crippen molar-refractivity contribution in [2.45, 2.75) is 65.0 Å². The third kappa shape index (κ3) is 10.9. The Hall–Kier alpha value is -2.41. The smallest absolute Gasteiger partial charge is 0.339 e. The molecular formula is C28H43N3O8S. The number of aliphatic imine (C=N–C) groups is 1. The number of carbonyl (C=O) groups excluding carboxylic acids is 1. The van der Waals surface area contributed by atoms with Crippen molar-refractivity contribution in [3.05, 3.63) is 28.3 Å². The van der Waals surface area contributed by atoms with Crippen LogP contribution >= 0.6 is 11.8 Å². The molecule has 1 aromatic heterocycles. The van der Waals surface area contributed by atoms with Crippen LogP contribution in [0, 0.1) is 5.92 Å². The average molecular weight is 582 g/mol. The van der Waals surface area contributed by atoms with Gasteiger partial charge in [0.1, 0.15) is 34.4 Å². The van der Waals surface area contributed by atoms with Crippen molar-refractivity contribution in [3.63, 3.8) is 0 Å². The summed E-state index contributed by atoms with van der Waals surface area (Å²) in [6.07, 6.45) is 3.70. The minimum absolute atomic E-state index is 0.244. The Balaban J connectivity index is 1.48. The lowest BCUT2D eigenvalue weighted by molar-refractivity contribution is -0.125. The molecule has 1 aromatic rings. The Morgan fingerprint density at radius 2 is 1.85 bits per heavy atom. The highest BCUT2D eigenvalue weighted by Crippen LogP contribution is 2.32. The summed E-state index contributed by atoms with van der Waals surface area (Å²) >= 11 is 1.45. The van der Waals surface area contributed by atoms with Gasteiger partial charge in [0.15, 0.2) is 0 Å². The van der Waals surface area contributed by atoms with Gasteiger partial charge in [0.25, 0.3) is 0 Å². The lowest BCUT2D eigenvalue weighted by Crippen LogP contribution is -2.45. The molecule has 1 fully saturated rings. The number of carbonyl (C=O) groups is 1. The van der Waals surface area contributed by atoms with Gasteiger partial charge in [-0.15, -0.1) is 11.8 Å². The zero-order chi connectivity index (χ0) is 28.8. The summed E-state index contributed by atoms with van der Waals surface area (Å²) in [6.45, 7) is 11.6. The lowest BCUT2D eigenvalue weighted by atomic mass is 10.0. The van der Waals surface area contributed by atoms with Gasteiger partial charge in [-0.2, -0.15) is 0 Å². The maximum Gasteiger partial charge on any atom is 0.339 e. The molecule has 12 heteroatoms. The Kier molecular flexibility index (Phi) is 13.5. The number of rotatable bonds is 20. The Bertz CT molecular complexity index is 1060. The van der Waals surface area contributed by atoms with Crippen molar-refractivity contribution in [2.24, 2.45) is 16.1 Å². The van der Waals surface area contributed by atoms with Gasteiger partial charge in [-0.1, -0.05) is 18.5 Å². The number of thioether (sulfide) groups is 1. The molecule has 3 rings (SSSR count). The zero-order valence-electron chi connectivity index (χ0n) is 24.1. The van der Waals surface area contributed by atoms with Crippen molar-refractivity contribution in [1.29, 1.82) is 0 Å². The highest BCUT2D eigenvalue weighted by molar-refractivity contribution is 8.16. The number of nitrogens with one attached hydrogen (secondary N) is 1. The van der Waals surface area contributed by atoms with E-state index in [1.165, 1.54) is 17.8 Å². The molecule has 2 heterocycles. The second-order valence-corrected chi connectivity index (χ2v) is 11.0. The van der Waals surface area contributed by atoms with E-state index < -0.39 is 17.2 Å². The van der Waals surface area contributed by atoms with E-state index in [0.29, 0.717) is 93.2 Å². The third-order valence-corrected chi connectivity index (χ3v) is 7.64. The van der Waals surface area contributed by atoms with Crippen LogP contribution in [0.4, 0.5) is 0 Å². The highest BCUT2D eigenvalue weighted by atomic mass is 32.2. The standard InChI is InChI=1S/C28H43N3O8S/c1-5-7-23(24-16-22(17-25(32)39-24)37-18-21-8-9-21)29-27(33)28(4)19-40-26(30-28)20(3)31-38-15-14-36-13-12-35-11-10-34-6-2/h16-17,21,23H,5-15,18-19H2,1-4H3,(H,29,33)/b31-20+/t23-,28+/m1/s1. The molecule has 0 aromatic carbocycles. The van der Waals surface area contributed by atoms with E-state index in [2.05, 4.69) is 15.5 Å². The van der Waals surface area contributed by atoms with E-state index in [1.54, 1.807) is 19.9 Å². The van der Waals surface area contributed by atoms with E-state index in [0.717, 1.165) is 19.3 Å². The van der Waals surface area contributed by atoms with E-state index in [4.69, 9.17) is 28.2 Å². The van der Waals surface area contributed by atoms with Gasteiger partial charge < -0.3 is 33.5 Å². The molecule has 40 heavy (non-hydrogen) atoms. The van der Waals surface area contributed by atoms with Crippen LogP contribution in [0.1, 0.15) is 65.2 Å². The fourth-order valence-corrected chi connectivity index (χ4v) is 4.90.